The molecule has 1 aromatic heterocycles. The van der Waals surface area contributed by atoms with E-state index in [0.29, 0.717) is 6.54 Å². The topological polar surface area (TPSA) is 50.2 Å². The maximum atomic E-state index is 12.5. The zero-order chi connectivity index (χ0) is 19.5. The number of piperidine rings is 1. The minimum atomic E-state index is 0.113. The molecule has 0 bridgehead atoms. The number of benzene rings is 2. The maximum Gasteiger partial charge on any atom is 0.223 e. The van der Waals surface area contributed by atoms with Gasteiger partial charge in [0.2, 0.25) is 5.91 Å². The number of nitrogens with zero attached hydrogens (tertiary/aromatic N) is 3. The minimum absolute atomic E-state index is 0.113. The van der Waals surface area contributed by atoms with E-state index < -0.39 is 0 Å². The second-order valence-electron chi connectivity index (χ2n) is 7.83. The number of amides is 1. The highest BCUT2D eigenvalue weighted by atomic mass is 16.1. The molecule has 0 aliphatic carbocycles. The van der Waals surface area contributed by atoms with E-state index in [1.165, 1.54) is 11.1 Å². The Bertz CT molecular complexity index is 970. The number of hydrogen-bond acceptors (Lipinski definition) is 3. The lowest BCUT2D eigenvalue weighted by atomic mass is 9.96. The summed E-state index contributed by atoms with van der Waals surface area (Å²) < 4.78 is 2.18. The lowest BCUT2D eigenvalue weighted by molar-refractivity contribution is -0.126. The van der Waals surface area contributed by atoms with Crippen LogP contribution >= 0.6 is 0 Å². The summed E-state index contributed by atoms with van der Waals surface area (Å²) in [6, 6.07) is 16.5. The molecule has 1 aliphatic heterocycles. The molecule has 28 heavy (non-hydrogen) atoms. The molecule has 5 nitrogen and oxygen atoms in total. The molecule has 146 valence electrons. The summed E-state index contributed by atoms with van der Waals surface area (Å²) in [6.45, 7) is 5.40. The van der Waals surface area contributed by atoms with Crippen molar-refractivity contribution in [2.45, 2.75) is 32.9 Å². The summed E-state index contributed by atoms with van der Waals surface area (Å²) in [4.78, 5) is 19.7. The fourth-order valence-electron chi connectivity index (χ4n) is 4.05. The molecule has 0 atom stereocenters. The number of aryl methyl sites for hydroxylation is 2. The van der Waals surface area contributed by atoms with Crippen molar-refractivity contribution in [1.82, 2.24) is 19.8 Å². The Morgan fingerprint density at radius 2 is 1.93 bits per heavy atom. The molecule has 1 N–H and O–H groups in total. The summed E-state index contributed by atoms with van der Waals surface area (Å²) >= 11 is 0. The number of imidazole rings is 1. The summed E-state index contributed by atoms with van der Waals surface area (Å²) in [5.41, 5.74) is 4.60. The van der Waals surface area contributed by atoms with Crippen molar-refractivity contribution in [2.75, 3.05) is 13.1 Å². The van der Waals surface area contributed by atoms with E-state index in [4.69, 9.17) is 4.98 Å². The predicted molar refractivity (Wildman–Crippen MR) is 112 cm³/mol. The highest BCUT2D eigenvalue weighted by Crippen LogP contribution is 2.21. The Labute approximate surface area is 166 Å². The van der Waals surface area contributed by atoms with Gasteiger partial charge in [-0.3, -0.25) is 9.69 Å². The third-order valence-corrected chi connectivity index (χ3v) is 5.75. The standard InChI is InChI=1S/C23H28N4O/c1-17-6-5-7-18(14-17)15-24-23(28)19-10-12-27(13-11-19)16-22-25-20-8-3-4-9-21(20)26(22)2/h3-9,14,19H,10-13,15-16H2,1-2H3,(H,24,28). The van der Waals surface area contributed by atoms with Crippen LogP contribution in [-0.4, -0.2) is 33.4 Å². The lowest BCUT2D eigenvalue weighted by Crippen LogP contribution is -2.40. The number of para-hydroxylation sites is 2. The number of fused-ring (bicyclic) bond motifs is 1. The van der Waals surface area contributed by atoms with Crippen LogP contribution < -0.4 is 5.32 Å². The Morgan fingerprint density at radius 3 is 2.68 bits per heavy atom. The van der Waals surface area contributed by atoms with Gasteiger partial charge in [0, 0.05) is 19.5 Å². The number of hydrogen-bond donors (Lipinski definition) is 1. The monoisotopic (exact) mass is 376 g/mol. The maximum absolute atomic E-state index is 12.5. The molecule has 1 amide bonds. The quantitative estimate of drug-likeness (QED) is 0.742. The zero-order valence-corrected chi connectivity index (χ0v) is 16.7. The SMILES string of the molecule is Cc1cccc(CNC(=O)C2CCN(Cc3nc4ccccc4n3C)CC2)c1. The number of carbonyl (C=O) groups is 1. The lowest BCUT2D eigenvalue weighted by Gasteiger charge is -2.31. The summed E-state index contributed by atoms with van der Waals surface area (Å²) in [6.07, 6.45) is 1.81. The van der Waals surface area contributed by atoms with Crippen LogP contribution in [0.15, 0.2) is 48.5 Å². The van der Waals surface area contributed by atoms with Gasteiger partial charge in [-0.1, -0.05) is 42.0 Å². The molecule has 2 aromatic carbocycles. The average molecular weight is 377 g/mol. The van der Waals surface area contributed by atoms with Crippen molar-refractivity contribution < 1.29 is 4.79 Å². The summed E-state index contributed by atoms with van der Waals surface area (Å²) in [5.74, 6) is 1.38. The molecule has 0 radical (unpaired) electrons. The van der Waals surface area contributed by atoms with Gasteiger partial charge in [-0.05, 0) is 50.6 Å². The van der Waals surface area contributed by atoms with Crippen LogP contribution in [0.25, 0.3) is 11.0 Å². The second kappa shape index (κ2) is 8.15. The first kappa shape index (κ1) is 18.7. The Morgan fingerprint density at radius 1 is 1.14 bits per heavy atom. The summed E-state index contributed by atoms with van der Waals surface area (Å²) in [7, 11) is 2.08. The van der Waals surface area contributed by atoms with Gasteiger partial charge in [0.1, 0.15) is 5.82 Å². The fraction of sp³-hybridized carbons (Fsp3) is 0.391. The van der Waals surface area contributed by atoms with E-state index in [2.05, 4.69) is 65.2 Å². The smallest absolute Gasteiger partial charge is 0.223 e. The molecule has 1 saturated heterocycles. The van der Waals surface area contributed by atoms with Gasteiger partial charge in [-0.15, -0.1) is 0 Å². The van der Waals surface area contributed by atoms with E-state index in [0.717, 1.165) is 49.4 Å². The molecular formula is C23H28N4O. The van der Waals surface area contributed by atoms with Crippen LogP contribution in [0.1, 0.15) is 29.8 Å². The Kier molecular flexibility index (Phi) is 5.44. The van der Waals surface area contributed by atoms with Gasteiger partial charge in [0.25, 0.3) is 0 Å². The van der Waals surface area contributed by atoms with E-state index in [-0.39, 0.29) is 11.8 Å². The van der Waals surface area contributed by atoms with Crippen molar-refractivity contribution in [3.8, 4) is 0 Å². The third-order valence-electron chi connectivity index (χ3n) is 5.75. The highest BCUT2D eigenvalue weighted by molar-refractivity contribution is 5.78. The highest BCUT2D eigenvalue weighted by Gasteiger charge is 2.25. The van der Waals surface area contributed by atoms with E-state index in [1.54, 1.807) is 0 Å². The first-order valence-corrected chi connectivity index (χ1v) is 10.1. The molecule has 0 spiro atoms. The van der Waals surface area contributed by atoms with Gasteiger partial charge in [0.05, 0.1) is 17.6 Å². The third kappa shape index (κ3) is 4.09. The second-order valence-corrected chi connectivity index (χ2v) is 7.83. The normalized spacial score (nSPS) is 15.8. The molecule has 4 rings (SSSR count). The molecule has 1 fully saturated rings. The van der Waals surface area contributed by atoms with Crippen LogP contribution in [-0.2, 0) is 24.9 Å². The number of likely N-dealkylation sites (tertiary alicyclic amines) is 1. The number of carbonyl (C=O) groups excluding carboxylic acids is 1. The van der Waals surface area contributed by atoms with E-state index in [1.807, 2.05) is 12.1 Å². The fourth-order valence-corrected chi connectivity index (χ4v) is 4.05. The van der Waals surface area contributed by atoms with Gasteiger partial charge < -0.3 is 9.88 Å². The molecule has 1 aliphatic rings. The molecule has 3 aromatic rings. The van der Waals surface area contributed by atoms with Crippen LogP contribution in [0.3, 0.4) is 0 Å². The van der Waals surface area contributed by atoms with Crippen molar-refractivity contribution in [2.24, 2.45) is 13.0 Å². The van der Waals surface area contributed by atoms with Gasteiger partial charge in [-0.2, -0.15) is 0 Å². The number of aromatic nitrogens is 2. The van der Waals surface area contributed by atoms with Gasteiger partial charge in [0.15, 0.2) is 0 Å². The largest absolute Gasteiger partial charge is 0.352 e. The van der Waals surface area contributed by atoms with Crippen LogP contribution in [0.2, 0.25) is 0 Å². The Hall–Kier alpha value is -2.66. The van der Waals surface area contributed by atoms with E-state index >= 15 is 0 Å². The summed E-state index contributed by atoms with van der Waals surface area (Å²) in [5, 5.41) is 3.11. The van der Waals surface area contributed by atoms with Crippen LogP contribution in [0.5, 0.6) is 0 Å². The number of nitrogens with one attached hydrogen (secondary N) is 1. The van der Waals surface area contributed by atoms with Crippen molar-refractivity contribution in [1.29, 1.82) is 0 Å². The van der Waals surface area contributed by atoms with Crippen LogP contribution in [0.4, 0.5) is 0 Å². The first-order chi connectivity index (χ1) is 13.6. The van der Waals surface area contributed by atoms with E-state index in [9.17, 15) is 4.79 Å². The minimum Gasteiger partial charge on any atom is -0.352 e. The average Bonchev–Trinajstić information content (AvgIpc) is 3.02. The molecule has 0 saturated carbocycles. The van der Waals surface area contributed by atoms with Crippen molar-refractivity contribution >= 4 is 16.9 Å². The van der Waals surface area contributed by atoms with Gasteiger partial charge in [-0.25, -0.2) is 4.98 Å². The van der Waals surface area contributed by atoms with Crippen molar-refractivity contribution in [3.05, 3.63) is 65.5 Å². The van der Waals surface area contributed by atoms with Crippen molar-refractivity contribution in [3.63, 3.8) is 0 Å². The van der Waals surface area contributed by atoms with Crippen LogP contribution in [0, 0.1) is 12.8 Å². The zero-order valence-electron chi connectivity index (χ0n) is 16.7. The predicted octanol–water partition coefficient (Wildman–Crippen LogP) is 3.41. The first-order valence-electron chi connectivity index (χ1n) is 10.1. The Balaban J connectivity index is 1.29. The molecule has 5 heteroatoms. The van der Waals surface area contributed by atoms with Gasteiger partial charge >= 0.3 is 0 Å². The molecule has 2 heterocycles. The number of rotatable bonds is 5. The molecule has 0 unspecified atom stereocenters. The molecular weight excluding hydrogens is 348 g/mol.